The van der Waals surface area contributed by atoms with E-state index in [9.17, 15) is 58.7 Å². The van der Waals surface area contributed by atoms with Gasteiger partial charge in [-0.15, -0.1) is 0 Å². The number of carbonyl (C=O) groups excluding carboxylic acids is 3. The fourth-order valence-electron chi connectivity index (χ4n) is 8.31. The highest BCUT2D eigenvalue weighted by Crippen LogP contribution is 2.40. The molecule has 3 aromatic heterocycles. The Hall–Kier alpha value is -5.99. The SMILES string of the molecule is O=C(Oc1cc(/C=C/c2ccc(OC(=O)c3ccc[n+](C4O[C@H](COP(=O)(O)O)[C@@H](O)[C@H]4O)c3)cc2)cc(OC(=O)c2ccc[n+](C3O[C@@H](COP(=O)(O)O)[C@H](O)[C@@H]3O)c2)c1)c1ccc[n+](C2O[C@@H](COP(=O)(O)O)[C@H](O)[C@@H]2O)c1. The first-order valence-electron chi connectivity index (χ1n) is 23.5. The fourth-order valence-corrected chi connectivity index (χ4v) is 9.34. The minimum absolute atomic E-state index is 0.0147. The molecule has 0 amide bonds. The largest absolute Gasteiger partial charge is 0.469 e. The molecule has 3 fully saturated rings. The Morgan fingerprint density at radius 1 is 0.438 bits per heavy atom. The summed E-state index contributed by atoms with van der Waals surface area (Å²) in [5.41, 5.74) is 0.534. The maximum atomic E-state index is 13.7. The average Bonchev–Trinajstić information content (AvgIpc) is 3.98. The molecule has 30 nitrogen and oxygen atoms in total. The molecule has 0 radical (unpaired) electrons. The fraction of sp³-hybridized carbons (Fsp3) is 0.319. The minimum Gasteiger partial charge on any atom is -0.423 e. The van der Waals surface area contributed by atoms with Crippen molar-refractivity contribution >= 4 is 53.5 Å². The lowest BCUT2D eigenvalue weighted by molar-refractivity contribution is -0.766. The molecular formula is C47H51N3O27P3+3. The number of pyridine rings is 3. The lowest BCUT2D eigenvalue weighted by Gasteiger charge is -2.13. The lowest BCUT2D eigenvalue weighted by atomic mass is 10.1. The number of phosphoric ester groups is 3. The molecule has 8 rings (SSSR count). The summed E-state index contributed by atoms with van der Waals surface area (Å²) >= 11 is 0. The van der Waals surface area contributed by atoms with Crippen molar-refractivity contribution in [3.05, 3.63) is 144 Å². The van der Waals surface area contributed by atoms with Gasteiger partial charge in [0.15, 0.2) is 55.5 Å². The summed E-state index contributed by atoms with van der Waals surface area (Å²) in [6, 6.07) is 18.3. The Bertz CT molecular complexity index is 3120. The number of benzene rings is 2. The van der Waals surface area contributed by atoms with Crippen molar-refractivity contribution in [2.24, 2.45) is 0 Å². The van der Waals surface area contributed by atoms with Crippen molar-refractivity contribution in [3.8, 4) is 17.2 Å². The molecule has 80 heavy (non-hydrogen) atoms. The third-order valence-electron chi connectivity index (χ3n) is 12.2. The van der Waals surface area contributed by atoms with Crippen molar-refractivity contribution in [2.75, 3.05) is 19.8 Å². The summed E-state index contributed by atoms with van der Waals surface area (Å²) < 4.78 is 84.4. The van der Waals surface area contributed by atoms with E-state index < -0.39 is 135 Å². The van der Waals surface area contributed by atoms with Gasteiger partial charge in [-0.05, 0) is 53.6 Å². The number of nitrogens with zero attached hydrogens (tertiary/aromatic N) is 3. The number of ether oxygens (including phenoxy) is 6. The van der Waals surface area contributed by atoms with E-state index in [-0.39, 0.29) is 39.5 Å². The lowest BCUT2D eigenvalue weighted by Crippen LogP contribution is -2.46. The molecule has 428 valence electrons. The normalized spacial score (nSPS) is 26.1. The number of rotatable bonds is 20. The van der Waals surface area contributed by atoms with E-state index in [1.807, 2.05) is 0 Å². The Morgan fingerprint density at radius 3 is 1.07 bits per heavy atom. The molecule has 6 heterocycles. The molecule has 0 saturated carbocycles. The van der Waals surface area contributed by atoms with E-state index in [4.69, 9.17) is 57.8 Å². The average molecular weight is 1180 g/mol. The highest BCUT2D eigenvalue weighted by atomic mass is 31.2. The van der Waals surface area contributed by atoms with E-state index in [0.29, 0.717) is 5.56 Å². The summed E-state index contributed by atoms with van der Waals surface area (Å²) in [7, 11) is -14.8. The van der Waals surface area contributed by atoms with Gasteiger partial charge in [-0.2, -0.15) is 13.7 Å². The van der Waals surface area contributed by atoms with Crippen LogP contribution in [0.5, 0.6) is 17.2 Å². The number of aliphatic hydroxyl groups excluding tert-OH is 6. The third-order valence-corrected chi connectivity index (χ3v) is 13.6. The molecule has 0 spiro atoms. The van der Waals surface area contributed by atoms with Gasteiger partial charge >= 0.3 is 41.4 Å². The molecule has 3 aliphatic heterocycles. The second kappa shape index (κ2) is 25.0. The standard InChI is InChI=1S/C47H48N3O27P3/c51-36-33(22-69-78(60,61)62)75-42(39(36)54)48-13-1-4-27(19-48)45(57)72-30-11-9-25(10-12-30)7-8-26-16-31(73-46(58)28-5-2-14-49(20-28)43-40(55)37(52)34(76-43)23-70-79(63,64)65)18-32(17-26)74-47(59)29-6-3-15-50(21-29)44-41(56)38(53)35(77-44)24-71-80(66,67)68/h1-21,33-44,51-56H,22-24H2,(H3-3,60,61,62,63,64,65,66,67,68)/p+3/b8-7+/t33-,34+,35+,36-,37+,38+,39-,40+,41+,42?,43?,44?/m1/s1. The van der Waals surface area contributed by atoms with Crippen LogP contribution < -0.4 is 27.9 Å². The zero-order valence-electron chi connectivity index (χ0n) is 40.8. The quantitative estimate of drug-likeness (QED) is 0.0140. The molecule has 3 aliphatic rings. The van der Waals surface area contributed by atoms with E-state index in [0.717, 1.165) is 0 Å². The van der Waals surface area contributed by atoms with Crippen LogP contribution in [0.3, 0.4) is 0 Å². The first-order valence-corrected chi connectivity index (χ1v) is 28.0. The molecule has 33 heteroatoms. The number of hydrogen-bond donors (Lipinski definition) is 12. The smallest absolute Gasteiger partial charge is 0.423 e. The molecule has 12 atom stereocenters. The third kappa shape index (κ3) is 15.5. The van der Waals surface area contributed by atoms with Gasteiger partial charge in [0.2, 0.25) is 0 Å². The highest BCUT2D eigenvalue weighted by Gasteiger charge is 2.51. The predicted molar refractivity (Wildman–Crippen MR) is 258 cm³/mol. The van der Waals surface area contributed by atoms with Crippen LogP contribution in [-0.2, 0) is 41.5 Å². The van der Waals surface area contributed by atoms with Crippen LogP contribution >= 0.6 is 23.5 Å². The summed E-state index contributed by atoms with van der Waals surface area (Å²) in [5.74, 6) is -3.08. The number of carbonyl (C=O) groups is 3. The summed E-state index contributed by atoms with van der Waals surface area (Å²) in [6.07, 6.45) is -6.85. The summed E-state index contributed by atoms with van der Waals surface area (Å²) in [4.78, 5) is 95.1. The zero-order valence-corrected chi connectivity index (χ0v) is 43.5. The van der Waals surface area contributed by atoms with E-state index in [1.54, 1.807) is 18.2 Å². The van der Waals surface area contributed by atoms with E-state index in [2.05, 4.69) is 13.6 Å². The highest BCUT2D eigenvalue weighted by molar-refractivity contribution is 7.46. The van der Waals surface area contributed by atoms with Crippen LogP contribution in [0, 0.1) is 0 Å². The van der Waals surface area contributed by atoms with Crippen molar-refractivity contribution < 1.29 is 144 Å². The van der Waals surface area contributed by atoms with E-state index >= 15 is 0 Å². The van der Waals surface area contributed by atoms with Gasteiger partial charge in [-0.3, -0.25) is 13.6 Å². The molecule has 12 N–H and O–H groups in total. The van der Waals surface area contributed by atoms with Gasteiger partial charge in [0, 0.05) is 24.3 Å². The number of hydrogen-bond acceptors (Lipinski definition) is 21. The molecular weight excluding hydrogens is 1130 g/mol. The van der Waals surface area contributed by atoms with Gasteiger partial charge in [0.1, 0.15) is 70.6 Å². The Labute approximate surface area is 450 Å². The van der Waals surface area contributed by atoms with Gasteiger partial charge in [0.05, 0.1) is 19.8 Å². The number of phosphoric acid groups is 3. The Morgan fingerprint density at radius 2 is 0.750 bits per heavy atom. The van der Waals surface area contributed by atoms with Crippen LogP contribution in [0.25, 0.3) is 12.2 Å². The summed E-state index contributed by atoms with van der Waals surface area (Å²) in [5, 5.41) is 63.4. The van der Waals surface area contributed by atoms with Crippen LogP contribution in [-0.4, -0.2) is 153 Å². The van der Waals surface area contributed by atoms with Crippen molar-refractivity contribution in [1.82, 2.24) is 0 Å². The molecule has 0 aliphatic carbocycles. The maximum Gasteiger partial charge on any atom is 0.469 e. The van der Waals surface area contributed by atoms with E-state index in [1.165, 1.54) is 124 Å². The van der Waals surface area contributed by atoms with Crippen LogP contribution in [0.1, 0.15) is 60.9 Å². The van der Waals surface area contributed by atoms with Crippen molar-refractivity contribution in [3.63, 3.8) is 0 Å². The monoisotopic (exact) mass is 1180 g/mol. The van der Waals surface area contributed by atoms with Gasteiger partial charge in [-0.25, -0.2) is 28.1 Å². The number of aromatic nitrogens is 3. The maximum absolute atomic E-state index is 13.7. The van der Waals surface area contributed by atoms with Crippen LogP contribution in [0.2, 0.25) is 0 Å². The van der Waals surface area contributed by atoms with Gasteiger partial charge < -0.3 is 88.4 Å². The predicted octanol–water partition coefficient (Wildman–Crippen LogP) is -1.44. The molecule has 5 aromatic rings. The van der Waals surface area contributed by atoms with Gasteiger partial charge in [0.25, 0.3) is 18.7 Å². The number of esters is 3. The Balaban J connectivity index is 0.991. The van der Waals surface area contributed by atoms with Gasteiger partial charge in [-0.1, -0.05) is 24.3 Å². The molecule has 0 bridgehead atoms. The molecule has 3 saturated heterocycles. The summed E-state index contributed by atoms with van der Waals surface area (Å²) in [6.45, 7) is -2.30. The minimum atomic E-state index is -4.97. The number of aliphatic hydroxyl groups is 6. The van der Waals surface area contributed by atoms with Crippen molar-refractivity contribution in [1.29, 1.82) is 0 Å². The second-order valence-electron chi connectivity index (χ2n) is 17.9. The molecule has 2 aromatic carbocycles. The van der Waals surface area contributed by atoms with Crippen LogP contribution in [0.15, 0.2) is 116 Å². The topological polar surface area (TPSA) is 440 Å². The first kappa shape index (κ1) is 60.1. The first-order chi connectivity index (χ1) is 37.7. The van der Waals surface area contributed by atoms with Crippen LogP contribution in [0.4, 0.5) is 0 Å². The second-order valence-corrected chi connectivity index (χ2v) is 21.6. The Kier molecular flexibility index (Phi) is 18.8. The zero-order chi connectivity index (χ0) is 57.8. The van der Waals surface area contributed by atoms with Crippen molar-refractivity contribution in [2.45, 2.75) is 73.6 Å². The molecule has 3 unspecified atom stereocenters.